The number of nitrogens with one attached hydrogen (secondary N) is 2. The molecule has 0 atom stereocenters. The molecule has 0 spiro atoms. The molecule has 0 radical (unpaired) electrons. The molecule has 3 nitrogen and oxygen atoms in total. The summed E-state index contributed by atoms with van der Waals surface area (Å²) in [6.45, 7) is 1.99. The van der Waals surface area contributed by atoms with Crippen LogP contribution in [-0.2, 0) is 11.2 Å². The first-order valence-electron chi connectivity index (χ1n) is 7.76. The number of para-hydroxylation sites is 1. The first-order chi connectivity index (χ1) is 11.6. The second kappa shape index (κ2) is 7.23. The van der Waals surface area contributed by atoms with Crippen molar-refractivity contribution in [1.29, 1.82) is 0 Å². The van der Waals surface area contributed by atoms with Crippen molar-refractivity contribution in [3.8, 4) is 0 Å². The van der Waals surface area contributed by atoms with Gasteiger partial charge in [-0.3, -0.25) is 4.79 Å². The van der Waals surface area contributed by atoms with Crippen molar-refractivity contribution in [2.75, 3.05) is 5.32 Å². The van der Waals surface area contributed by atoms with E-state index in [1.165, 1.54) is 0 Å². The average molecular weight is 334 g/mol. The topological polar surface area (TPSA) is 41.1 Å². The van der Waals surface area contributed by atoms with Crippen LogP contribution in [0.15, 0.2) is 66.7 Å². The molecule has 0 bridgehead atoms. The molecule has 4 heteroatoms. The van der Waals surface area contributed by atoms with E-state index in [9.17, 15) is 4.79 Å². The molecule has 0 heterocycles. The molecule has 3 rings (SSSR count). The number of hydrogen-bond donors (Lipinski definition) is 2. The maximum atomic E-state index is 12.3. The number of amides is 1. The van der Waals surface area contributed by atoms with Gasteiger partial charge in [-0.1, -0.05) is 60.7 Å². The van der Waals surface area contributed by atoms with Crippen molar-refractivity contribution in [3.05, 3.63) is 77.9 Å². The molecule has 120 valence electrons. The van der Waals surface area contributed by atoms with Crippen LogP contribution in [0.5, 0.6) is 0 Å². The fourth-order valence-corrected chi connectivity index (χ4v) is 2.88. The number of aryl methyl sites for hydroxylation is 1. The van der Waals surface area contributed by atoms with E-state index in [4.69, 9.17) is 12.2 Å². The first-order valence-corrected chi connectivity index (χ1v) is 8.17. The Balaban J connectivity index is 1.67. The summed E-state index contributed by atoms with van der Waals surface area (Å²) in [7, 11) is 0. The summed E-state index contributed by atoms with van der Waals surface area (Å²) in [6.07, 6.45) is 0.289. The van der Waals surface area contributed by atoms with Crippen molar-refractivity contribution in [3.63, 3.8) is 0 Å². The molecule has 0 saturated heterocycles. The molecule has 0 fully saturated rings. The molecule has 0 aromatic heterocycles. The van der Waals surface area contributed by atoms with Crippen LogP contribution in [0.1, 0.15) is 11.1 Å². The zero-order valence-electron chi connectivity index (χ0n) is 13.4. The molecule has 3 aromatic carbocycles. The molecule has 0 aliphatic carbocycles. The zero-order valence-corrected chi connectivity index (χ0v) is 14.2. The van der Waals surface area contributed by atoms with E-state index in [1.54, 1.807) is 0 Å². The third-order valence-electron chi connectivity index (χ3n) is 3.88. The molecule has 24 heavy (non-hydrogen) atoms. The van der Waals surface area contributed by atoms with Crippen LogP contribution in [0, 0.1) is 6.92 Å². The zero-order chi connectivity index (χ0) is 16.9. The van der Waals surface area contributed by atoms with Crippen molar-refractivity contribution in [2.24, 2.45) is 0 Å². The lowest BCUT2D eigenvalue weighted by Crippen LogP contribution is -2.35. The van der Waals surface area contributed by atoms with Crippen molar-refractivity contribution < 1.29 is 4.79 Å². The Morgan fingerprint density at radius 3 is 2.50 bits per heavy atom. The lowest BCUT2D eigenvalue weighted by molar-refractivity contribution is -0.119. The normalized spacial score (nSPS) is 10.4. The highest BCUT2D eigenvalue weighted by Crippen LogP contribution is 2.19. The monoisotopic (exact) mass is 334 g/mol. The predicted octanol–water partition coefficient (Wildman–Crippen LogP) is 4.20. The van der Waals surface area contributed by atoms with Gasteiger partial charge in [0.05, 0.1) is 6.42 Å². The smallest absolute Gasteiger partial charge is 0.230 e. The summed E-state index contributed by atoms with van der Waals surface area (Å²) in [4.78, 5) is 12.3. The molecule has 0 saturated carbocycles. The minimum atomic E-state index is -0.127. The molecule has 0 unspecified atom stereocenters. The Hall–Kier alpha value is -2.72. The maximum Gasteiger partial charge on any atom is 0.230 e. The van der Waals surface area contributed by atoms with Gasteiger partial charge in [0.15, 0.2) is 5.11 Å². The second-order valence-corrected chi connectivity index (χ2v) is 6.04. The Labute approximate surface area is 146 Å². The quantitative estimate of drug-likeness (QED) is 0.705. The highest BCUT2D eigenvalue weighted by molar-refractivity contribution is 7.80. The number of carbonyl (C=O) groups excluding carboxylic acids is 1. The first kappa shape index (κ1) is 16.1. The lowest BCUT2D eigenvalue weighted by Gasteiger charge is -2.12. The lowest BCUT2D eigenvalue weighted by atomic mass is 10.0. The van der Waals surface area contributed by atoms with E-state index >= 15 is 0 Å². The van der Waals surface area contributed by atoms with E-state index in [-0.39, 0.29) is 12.3 Å². The van der Waals surface area contributed by atoms with Crippen LogP contribution in [0.4, 0.5) is 5.69 Å². The van der Waals surface area contributed by atoms with Gasteiger partial charge >= 0.3 is 0 Å². The number of fused-ring (bicyclic) bond motifs is 1. The van der Waals surface area contributed by atoms with Gasteiger partial charge in [0, 0.05) is 5.69 Å². The van der Waals surface area contributed by atoms with Gasteiger partial charge in [-0.05, 0) is 47.1 Å². The van der Waals surface area contributed by atoms with Crippen LogP contribution in [0.2, 0.25) is 0 Å². The number of anilines is 1. The van der Waals surface area contributed by atoms with Gasteiger partial charge in [0.1, 0.15) is 0 Å². The van der Waals surface area contributed by atoms with Gasteiger partial charge < -0.3 is 10.6 Å². The third-order valence-corrected chi connectivity index (χ3v) is 4.08. The molecule has 0 aliphatic heterocycles. The Kier molecular flexibility index (Phi) is 4.87. The molecule has 0 aliphatic rings. The standard InChI is InChI=1S/C20H18N2OS/c1-14-7-2-5-12-18(14)21-20(24)22-19(23)13-16-10-6-9-15-8-3-4-11-17(15)16/h2-12H,13H2,1H3,(H2,21,22,23,24). The van der Waals surface area contributed by atoms with E-state index in [1.807, 2.05) is 73.7 Å². The molecular formula is C20H18N2OS. The third kappa shape index (κ3) is 3.78. The Morgan fingerprint density at radius 1 is 0.958 bits per heavy atom. The maximum absolute atomic E-state index is 12.3. The number of thiocarbonyl (C=S) groups is 1. The van der Waals surface area contributed by atoms with Crippen LogP contribution < -0.4 is 10.6 Å². The summed E-state index contributed by atoms with van der Waals surface area (Å²) in [5.74, 6) is -0.127. The SMILES string of the molecule is Cc1ccccc1NC(=S)NC(=O)Cc1cccc2ccccc12. The number of rotatable bonds is 3. The minimum absolute atomic E-state index is 0.127. The van der Waals surface area contributed by atoms with Crippen LogP contribution >= 0.6 is 12.2 Å². The van der Waals surface area contributed by atoms with Gasteiger partial charge in [0.2, 0.25) is 5.91 Å². The fourth-order valence-electron chi connectivity index (χ4n) is 2.66. The van der Waals surface area contributed by atoms with Crippen molar-refractivity contribution in [1.82, 2.24) is 5.32 Å². The Morgan fingerprint density at radius 2 is 1.67 bits per heavy atom. The van der Waals surface area contributed by atoms with Crippen molar-refractivity contribution >= 4 is 39.7 Å². The highest BCUT2D eigenvalue weighted by Gasteiger charge is 2.09. The minimum Gasteiger partial charge on any atom is -0.332 e. The summed E-state index contributed by atoms with van der Waals surface area (Å²) in [5.41, 5.74) is 2.96. The Bertz CT molecular complexity index is 900. The predicted molar refractivity (Wildman–Crippen MR) is 103 cm³/mol. The molecular weight excluding hydrogens is 316 g/mol. The number of carbonyl (C=O) groups is 1. The van der Waals surface area contributed by atoms with Crippen molar-refractivity contribution in [2.45, 2.75) is 13.3 Å². The number of benzene rings is 3. The van der Waals surface area contributed by atoms with Gasteiger partial charge in [-0.15, -0.1) is 0 Å². The van der Waals surface area contributed by atoms with E-state index < -0.39 is 0 Å². The van der Waals surface area contributed by atoms with Gasteiger partial charge in [0.25, 0.3) is 0 Å². The summed E-state index contributed by atoms with van der Waals surface area (Å²) >= 11 is 5.24. The summed E-state index contributed by atoms with van der Waals surface area (Å²) in [5, 5.41) is 8.35. The molecule has 3 aromatic rings. The fraction of sp³-hybridized carbons (Fsp3) is 0.100. The van der Waals surface area contributed by atoms with Crippen LogP contribution in [-0.4, -0.2) is 11.0 Å². The summed E-state index contributed by atoms with van der Waals surface area (Å²) in [6, 6.07) is 21.8. The van der Waals surface area contributed by atoms with Gasteiger partial charge in [-0.25, -0.2) is 0 Å². The second-order valence-electron chi connectivity index (χ2n) is 5.63. The van der Waals surface area contributed by atoms with E-state index in [2.05, 4.69) is 10.6 Å². The average Bonchev–Trinajstić information content (AvgIpc) is 2.57. The molecule has 1 amide bonds. The molecule has 2 N–H and O–H groups in total. The number of hydrogen-bond acceptors (Lipinski definition) is 2. The summed E-state index contributed by atoms with van der Waals surface area (Å²) < 4.78 is 0. The highest BCUT2D eigenvalue weighted by atomic mass is 32.1. The van der Waals surface area contributed by atoms with Crippen LogP contribution in [0.3, 0.4) is 0 Å². The van der Waals surface area contributed by atoms with E-state index in [0.29, 0.717) is 5.11 Å². The van der Waals surface area contributed by atoms with E-state index in [0.717, 1.165) is 27.6 Å². The van der Waals surface area contributed by atoms with Gasteiger partial charge in [-0.2, -0.15) is 0 Å². The van der Waals surface area contributed by atoms with Crippen LogP contribution in [0.25, 0.3) is 10.8 Å². The largest absolute Gasteiger partial charge is 0.332 e.